The Kier molecular flexibility index (Phi) is 2.92. The second-order valence-corrected chi connectivity index (χ2v) is 1.61. The van der Waals surface area contributed by atoms with E-state index >= 15 is 0 Å². The first-order chi connectivity index (χ1) is 4.48. The van der Waals surface area contributed by atoms with E-state index in [0.29, 0.717) is 12.3 Å². The highest BCUT2D eigenvalue weighted by Crippen LogP contribution is 2.23. The fourth-order valence-corrected chi connectivity index (χ4v) is 0.240. The zero-order valence-corrected chi connectivity index (χ0v) is 5.18. The second kappa shape index (κ2) is 3.24. The van der Waals surface area contributed by atoms with Gasteiger partial charge in [0.15, 0.2) is 0 Å². The Morgan fingerprint density at radius 3 is 2.30 bits per heavy atom. The summed E-state index contributed by atoms with van der Waals surface area (Å²) in [5.74, 6) is 0. The van der Waals surface area contributed by atoms with Gasteiger partial charge in [-0.3, -0.25) is 0 Å². The summed E-state index contributed by atoms with van der Waals surface area (Å²) in [4.78, 5) is 0. The molecule has 0 radical (unpaired) electrons. The molecule has 0 rings (SSSR count). The van der Waals surface area contributed by atoms with Crippen LogP contribution in [-0.2, 0) is 0 Å². The van der Waals surface area contributed by atoms with E-state index in [1.165, 1.54) is 0 Å². The highest BCUT2D eigenvalue weighted by molar-refractivity contribution is 5.71. The molecule has 2 nitrogen and oxygen atoms in total. The number of hydrogen-bond donors (Lipinski definition) is 1. The fraction of sp³-hybridized carbons (Fsp3) is 0.400. The van der Waals surface area contributed by atoms with Crippen molar-refractivity contribution in [1.82, 2.24) is 0 Å². The van der Waals surface area contributed by atoms with Gasteiger partial charge < -0.3 is 5.21 Å². The highest BCUT2D eigenvalue weighted by atomic mass is 19.4. The number of alkyl halides is 3. The van der Waals surface area contributed by atoms with Crippen LogP contribution in [0, 0.1) is 0 Å². The number of halogens is 3. The maximum Gasteiger partial charge on any atom is 0.412 e. The molecule has 0 amide bonds. The Bertz CT molecular complexity index is 159. The van der Waals surface area contributed by atoms with Crippen molar-refractivity contribution in [3.8, 4) is 0 Å². The third kappa shape index (κ3) is 3.11. The van der Waals surface area contributed by atoms with Gasteiger partial charge in [-0.05, 0) is 13.0 Å². The molecule has 0 aromatic carbocycles. The van der Waals surface area contributed by atoms with Crippen LogP contribution >= 0.6 is 0 Å². The Balaban J connectivity index is 4.20. The van der Waals surface area contributed by atoms with Crippen LogP contribution in [0.2, 0.25) is 0 Å². The van der Waals surface area contributed by atoms with Crippen molar-refractivity contribution < 1.29 is 18.4 Å². The molecule has 0 saturated carbocycles. The zero-order valence-electron chi connectivity index (χ0n) is 5.18. The molecule has 0 spiro atoms. The minimum atomic E-state index is -4.33. The van der Waals surface area contributed by atoms with Crippen molar-refractivity contribution in [1.29, 1.82) is 0 Å². The lowest BCUT2D eigenvalue weighted by Crippen LogP contribution is -2.08. The molecule has 0 bridgehead atoms. The quantitative estimate of drug-likeness (QED) is 0.348. The summed E-state index contributed by atoms with van der Waals surface area (Å²) in [5.41, 5.74) is -0.801. The largest absolute Gasteiger partial charge is 0.412 e. The number of allylic oxidation sites excluding steroid dienone is 2. The van der Waals surface area contributed by atoms with Crippen LogP contribution in [-0.4, -0.2) is 17.6 Å². The smallest absolute Gasteiger partial charge is 0.411 e. The molecular formula is C5H6F3NO. The van der Waals surface area contributed by atoms with Gasteiger partial charge in [0, 0.05) is 5.57 Å². The van der Waals surface area contributed by atoms with Gasteiger partial charge >= 0.3 is 6.18 Å². The van der Waals surface area contributed by atoms with E-state index in [9.17, 15) is 13.2 Å². The molecule has 5 heteroatoms. The maximum absolute atomic E-state index is 11.6. The minimum Gasteiger partial charge on any atom is -0.411 e. The van der Waals surface area contributed by atoms with Gasteiger partial charge in [-0.1, -0.05) is 5.16 Å². The van der Waals surface area contributed by atoms with Crippen LogP contribution in [0.15, 0.2) is 16.8 Å². The van der Waals surface area contributed by atoms with Crippen molar-refractivity contribution in [2.24, 2.45) is 5.16 Å². The third-order valence-corrected chi connectivity index (χ3v) is 0.838. The van der Waals surface area contributed by atoms with Crippen LogP contribution in [0.25, 0.3) is 0 Å². The molecule has 10 heavy (non-hydrogen) atoms. The molecule has 0 fully saturated rings. The minimum absolute atomic E-state index is 0.669. The lowest BCUT2D eigenvalue weighted by molar-refractivity contribution is -0.0911. The molecular weight excluding hydrogens is 147 g/mol. The SMILES string of the molecule is CC(=CC=NO)C(F)(F)F. The Labute approximate surface area is 55.6 Å². The summed E-state index contributed by atoms with van der Waals surface area (Å²) in [5, 5.41) is 10.1. The summed E-state index contributed by atoms with van der Waals surface area (Å²) in [6.07, 6.45) is -2.98. The van der Waals surface area contributed by atoms with Gasteiger partial charge in [0.05, 0.1) is 6.21 Å². The highest BCUT2D eigenvalue weighted by Gasteiger charge is 2.29. The van der Waals surface area contributed by atoms with E-state index in [1.807, 2.05) is 0 Å². The molecule has 0 aliphatic rings. The third-order valence-electron chi connectivity index (χ3n) is 0.838. The first-order valence-corrected chi connectivity index (χ1v) is 2.40. The van der Waals surface area contributed by atoms with E-state index in [4.69, 9.17) is 5.21 Å². The van der Waals surface area contributed by atoms with E-state index in [2.05, 4.69) is 5.16 Å². The average Bonchev–Trinajstić information content (AvgIpc) is 1.80. The van der Waals surface area contributed by atoms with Crippen LogP contribution < -0.4 is 0 Å². The lowest BCUT2D eigenvalue weighted by atomic mass is 10.3. The fourth-order valence-electron chi connectivity index (χ4n) is 0.240. The number of nitrogens with zero attached hydrogens (tertiary/aromatic N) is 1. The van der Waals surface area contributed by atoms with Crippen LogP contribution in [0.1, 0.15) is 6.92 Å². The van der Waals surface area contributed by atoms with Crippen LogP contribution in [0.3, 0.4) is 0 Å². The zero-order chi connectivity index (χ0) is 8.20. The van der Waals surface area contributed by atoms with Gasteiger partial charge in [-0.2, -0.15) is 13.2 Å². The van der Waals surface area contributed by atoms with Crippen molar-refractivity contribution in [2.75, 3.05) is 0 Å². The first-order valence-electron chi connectivity index (χ1n) is 2.40. The molecule has 58 valence electrons. The standard InChI is InChI=1S/C5H6F3NO/c1-4(2-3-9-10)5(6,7)8/h2-3,10H,1H3. The Hall–Kier alpha value is -1.00. The average molecular weight is 153 g/mol. The summed E-state index contributed by atoms with van der Waals surface area (Å²) >= 11 is 0. The summed E-state index contributed by atoms with van der Waals surface area (Å²) in [7, 11) is 0. The molecule has 0 aliphatic heterocycles. The summed E-state index contributed by atoms with van der Waals surface area (Å²) < 4.78 is 34.7. The normalized spacial score (nSPS) is 14.6. The Morgan fingerprint density at radius 2 is 2.00 bits per heavy atom. The van der Waals surface area contributed by atoms with Crippen LogP contribution in [0.5, 0.6) is 0 Å². The lowest BCUT2D eigenvalue weighted by Gasteiger charge is -2.03. The molecule has 0 aromatic rings. The van der Waals surface area contributed by atoms with Crippen molar-refractivity contribution in [3.63, 3.8) is 0 Å². The van der Waals surface area contributed by atoms with Crippen LogP contribution in [0.4, 0.5) is 13.2 Å². The monoisotopic (exact) mass is 153 g/mol. The molecule has 0 unspecified atom stereocenters. The van der Waals surface area contributed by atoms with Gasteiger partial charge in [0.2, 0.25) is 0 Å². The molecule has 0 aliphatic carbocycles. The summed E-state index contributed by atoms with van der Waals surface area (Å²) in [6, 6.07) is 0. The van der Waals surface area contributed by atoms with Gasteiger partial charge in [-0.25, -0.2) is 0 Å². The van der Waals surface area contributed by atoms with Gasteiger partial charge in [0.25, 0.3) is 0 Å². The van der Waals surface area contributed by atoms with E-state index < -0.39 is 11.7 Å². The number of rotatable bonds is 1. The summed E-state index contributed by atoms with van der Waals surface area (Å²) in [6.45, 7) is 0.891. The predicted octanol–water partition coefficient (Wildman–Crippen LogP) is 1.95. The molecule has 0 saturated heterocycles. The van der Waals surface area contributed by atoms with E-state index in [1.54, 1.807) is 0 Å². The van der Waals surface area contributed by atoms with Crippen molar-refractivity contribution >= 4 is 6.21 Å². The second-order valence-electron chi connectivity index (χ2n) is 1.61. The van der Waals surface area contributed by atoms with Gasteiger partial charge in [0.1, 0.15) is 0 Å². The molecule has 0 aromatic heterocycles. The molecule has 0 heterocycles. The van der Waals surface area contributed by atoms with E-state index in [0.717, 1.165) is 6.92 Å². The van der Waals surface area contributed by atoms with E-state index in [-0.39, 0.29) is 0 Å². The maximum atomic E-state index is 11.6. The topological polar surface area (TPSA) is 32.6 Å². The van der Waals surface area contributed by atoms with Crippen molar-refractivity contribution in [3.05, 3.63) is 11.6 Å². The Morgan fingerprint density at radius 1 is 1.50 bits per heavy atom. The first kappa shape index (κ1) is 9.00. The van der Waals surface area contributed by atoms with Crippen molar-refractivity contribution in [2.45, 2.75) is 13.1 Å². The molecule has 0 atom stereocenters. The number of oxime groups is 1. The predicted molar refractivity (Wildman–Crippen MR) is 30.1 cm³/mol. The number of hydrogen-bond acceptors (Lipinski definition) is 2. The van der Waals surface area contributed by atoms with Gasteiger partial charge in [-0.15, -0.1) is 0 Å². The molecule has 1 N–H and O–H groups in total.